The summed E-state index contributed by atoms with van der Waals surface area (Å²) in [4.78, 5) is 16.0. The molecule has 3 heteroatoms. The van der Waals surface area contributed by atoms with Crippen LogP contribution >= 0.6 is 0 Å². The van der Waals surface area contributed by atoms with Gasteiger partial charge in [0.2, 0.25) is 0 Å². The summed E-state index contributed by atoms with van der Waals surface area (Å²) in [5, 5.41) is 9.04. The number of hydrogen-bond donors (Lipinski definition) is 1. The molecule has 1 heterocycles. The number of nitrogens with zero attached hydrogens (tertiary/aromatic N) is 1. The molecule has 1 atom stereocenters. The van der Waals surface area contributed by atoms with Crippen LogP contribution in [-0.2, 0) is 11.2 Å². The number of benzene rings is 1. The first-order chi connectivity index (χ1) is 7.66. The normalized spacial score (nSPS) is 16.0. The van der Waals surface area contributed by atoms with E-state index in [1.54, 1.807) is 6.92 Å². The number of aliphatic hydroxyl groups excluding tert-OH is 1. The third-order valence-electron chi connectivity index (χ3n) is 2.42. The topological polar surface area (TPSA) is 49.7 Å². The van der Waals surface area contributed by atoms with E-state index in [0.29, 0.717) is 12.1 Å². The van der Waals surface area contributed by atoms with Gasteiger partial charge in [-0.3, -0.25) is 4.79 Å². The van der Waals surface area contributed by atoms with Crippen molar-refractivity contribution in [1.82, 2.24) is 0 Å². The van der Waals surface area contributed by atoms with E-state index in [1.807, 2.05) is 24.3 Å². The summed E-state index contributed by atoms with van der Waals surface area (Å²) in [7, 11) is 0. The number of aliphatic imine (C=N–C) groups is 1. The van der Waals surface area contributed by atoms with E-state index < -0.39 is 6.10 Å². The number of carbonyl (C=O) groups is 1. The SMILES string of the molecule is C[C@@H](O)/C=C\C(=O)C1=Nc2ccccc2C1. The predicted octanol–water partition coefficient (Wildman–Crippen LogP) is 1.82. The van der Waals surface area contributed by atoms with Crippen molar-refractivity contribution in [2.75, 3.05) is 0 Å². The van der Waals surface area contributed by atoms with Crippen LogP contribution < -0.4 is 0 Å². The van der Waals surface area contributed by atoms with Crippen LogP contribution in [0.1, 0.15) is 12.5 Å². The molecule has 16 heavy (non-hydrogen) atoms. The molecule has 0 saturated carbocycles. The molecule has 0 amide bonds. The molecule has 0 aromatic heterocycles. The Hall–Kier alpha value is -1.74. The molecule has 1 aromatic rings. The molecule has 2 rings (SSSR count). The molecule has 82 valence electrons. The van der Waals surface area contributed by atoms with E-state index in [-0.39, 0.29) is 5.78 Å². The molecule has 0 saturated heterocycles. The first-order valence-corrected chi connectivity index (χ1v) is 5.23. The van der Waals surface area contributed by atoms with Gasteiger partial charge in [-0.2, -0.15) is 0 Å². The second kappa shape index (κ2) is 4.41. The zero-order valence-corrected chi connectivity index (χ0v) is 9.05. The monoisotopic (exact) mass is 215 g/mol. The highest BCUT2D eigenvalue weighted by Crippen LogP contribution is 2.26. The Morgan fingerprint density at radius 1 is 1.50 bits per heavy atom. The molecular formula is C13H13NO2. The van der Waals surface area contributed by atoms with E-state index in [4.69, 9.17) is 5.11 Å². The predicted molar refractivity (Wildman–Crippen MR) is 63.1 cm³/mol. The van der Waals surface area contributed by atoms with Gasteiger partial charge in [-0.15, -0.1) is 0 Å². The summed E-state index contributed by atoms with van der Waals surface area (Å²) < 4.78 is 0. The fourth-order valence-electron chi connectivity index (χ4n) is 1.60. The molecule has 0 radical (unpaired) electrons. The van der Waals surface area contributed by atoms with Gasteiger partial charge < -0.3 is 5.11 Å². The van der Waals surface area contributed by atoms with Gasteiger partial charge in [0.15, 0.2) is 5.78 Å². The number of para-hydroxylation sites is 1. The van der Waals surface area contributed by atoms with E-state index >= 15 is 0 Å². The van der Waals surface area contributed by atoms with Gasteiger partial charge in [0.1, 0.15) is 0 Å². The van der Waals surface area contributed by atoms with Crippen LogP contribution in [0.5, 0.6) is 0 Å². The van der Waals surface area contributed by atoms with Crippen molar-refractivity contribution in [3.05, 3.63) is 42.0 Å². The highest BCUT2D eigenvalue weighted by Gasteiger charge is 2.17. The Balaban J connectivity index is 2.13. The minimum atomic E-state index is -0.603. The van der Waals surface area contributed by atoms with Gasteiger partial charge in [-0.25, -0.2) is 4.99 Å². The van der Waals surface area contributed by atoms with Crippen molar-refractivity contribution in [2.24, 2.45) is 4.99 Å². The Morgan fingerprint density at radius 3 is 2.94 bits per heavy atom. The summed E-state index contributed by atoms with van der Waals surface area (Å²) in [6.07, 6.45) is 2.83. The Kier molecular flexibility index (Phi) is 2.97. The Morgan fingerprint density at radius 2 is 2.25 bits per heavy atom. The summed E-state index contributed by atoms with van der Waals surface area (Å²) >= 11 is 0. The molecule has 0 unspecified atom stereocenters. The van der Waals surface area contributed by atoms with E-state index in [0.717, 1.165) is 11.3 Å². The van der Waals surface area contributed by atoms with Gasteiger partial charge in [-0.1, -0.05) is 24.3 Å². The van der Waals surface area contributed by atoms with Crippen LogP contribution in [0.3, 0.4) is 0 Å². The Bertz CT molecular complexity index is 473. The molecule has 0 bridgehead atoms. The molecule has 1 N–H and O–H groups in total. The smallest absolute Gasteiger partial charge is 0.200 e. The highest BCUT2D eigenvalue weighted by molar-refractivity contribution is 6.45. The lowest BCUT2D eigenvalue weighted by molar-refractivity contribution is -0.109. The highest BCUT2D eigenvalue weighted by atomic mass is 16.3. The van der Waals surface area contributed by atoms with Crippen molar-refractivity contribution in [2.45, 2.75) is 19.4 Å². The van der Waals surface area contributed by atoms with Gasteiger partial charge in [-0.05, 0) is 24.6 Å². The van der Waals surface area contributed by atoms with Gasteiger partial charge in [0, 0.05) is 6.42 Å². The lowest BCUT2D eigenvalue weighted by Gasteiger charge is -1.95. The zero-order chi connectivity index (χ0) is 11.5. The average molecular weight is 215 g/mol. The van der Waals surface area contributed by atoms with E-state index in [1.165, 1.54) is 12.2 Å². The number of fused-ring (bicyclic) bond motifs is 1. The maximum absolute atomic E-state index is 11.7. The van der Waals surface area contributed by atoms with Gasteiger partial charge >= 0.3 is 0 Å². The van der Waals surface area contributed by atoms with Crippen LogP contribution in [-0.4, -0.2) is 22.7 Å². The van der Waals surface area contributed by atoms with Crippen LogP contribution in [0, 0.1) is 0 Å². The maximum atomic E-state index is 11.7. The van der Waals surface area contributed by atoms with Crippen molar-refractivity contribution >= 4 is 17.2 Å². The number of rotatable bonds is 3. The molecule has 0 fully saturated rings. The van der Waals surface area contributed by atoms with Crippen LogP contribution in [0.15, 0.2) is 41.4 Å². The minimum absolute atomic E-state index is 0.128. The summed E-state index contributed by atoms with van der Waals surface area (Å²) in [5.41, 5.74) is 2.49. The molecule has 1 aromatic carbocycles. The summed E-state index contributed by atoms with van der Waals surface area (Å²) in [5.74, 6) is -0.128. The molecule has 0 spiro atoms. The summed E-state index contributed by atoms with van der Waals surface area (Å²) in [6, 6.07) is 7.71. The van der Waals surface area contributed by atoms with Crippen molar-refractivity contribution in [3.8, 4) is 0 Å². The zero-order valence-electron chi connectivity index (χ0n) is 9.05. The molecule has 0 aliphatic carbocycles. The number of carbonyl (C=O) groups excluding carboxylic acids is 1. The molecule has 1 aliphatic rings. The number of ketones is 1. The first kappa shape index (κ1) is 10.8. The lowest BCUT2D eigenvalue weighted by Crippen LogP contribution is -2.11. The minimum Gasteiger partial charge on any atom is -0.389 e. The second-order valence-electron chi connectivity index (χ2n) is 3.83. The first-order valence-electron chi connectivity index (χ1n) is 5.23. The van der Waals surface area contributed by atoms with Gasteiger partial charge in [0.05, 0.1) is 17.5 Å². The summed E-state index contributed by atoms with van der Waals surface area (Å²) in [6.45, 7) is 1.61. The second-order valence-corrected chi connectivity index (χ2v) is 3.83. The Labute approximate surface area is 94.1 Å². The quantitative estimate of drug-likeness (QED) is 0.782. The molecule has 3 nitrogen and oxygen atoms in total. The standard InChI is InChI=1S/C13H13NO2/c1-9(15)6-7-13(16)12-8-10-4-2-3-5-11(10)14-12/h2-7,9,15H,8H2,1H3/b7-6-/t9-/m1/s1. The molecular weight excluding hydrogens is 202 g/mol. The van der Waals surface area contributed by atoms with Crippen LogP contribution in [0.4, 0.5) is 5.69 Å². The van der Waals surface area contributed by atoms with Crippen molar-refractivity contribution < 1.29 is 9.90 Å². The van der Waals surface area contributed by atoms with Crippen LogP contribution in [0.25, 0.3) is 0 Å². The van der Waals surface area contributed by atoms with Gasteiger partial charge in [0.25, 0.3) is 0 Å². The third kappa shape index (κ3) is 2.25. The number of hydrogen-bond acceptors (Lipinski definition) is 3. The van der Waals surface area contributed by atoms with E-state index in [9.17, 15) is 4.79 Å². The number of allylic oxidation sites excluding steroid dienone is 1. The largest absolute Gasteiger partial charge is 0.389 e. The maximum Gasteiger partial charge on any atom is 0.200 e. The lowest BCUT2D eigenvalue weighted by atomic mass is 10.1. The van der Waals surface area contributed by atoms with Crippen molar-refractivity contribution in [3.63, 3.8) is 0 Å². The average Bonchev–Trinajstić information content (AvgIpc) is 2.69. The number of aliphatic hydroxyl groups is 1. The third-order valence-corrected chi connectivity index (χ3v) is 2.42. The van der Waals surface area contributed by atoms with Crippen LogP contribution in [0.2, 0.25) is 0 Å². The van der Waals surface area contributed by atoms with E-state index in [2.05, 4.69) is 4.99 Å². The fraction of sp³-hybridized carbons (Fsp3) is 0.231. The fourth-order valence-corrected chi connectivity index (χ4v) is 1.60. The van der Waals surface area contributed by atoms with Crippen molar-refractivity contribution in [1.29, 1.82) is 0 Å². The molecule has 1 aliphatic heterocycles.